The van der Waals surface area contributed by atoms with Gasteiger partial charge >= 0.3 is 0 Å². The van der Waals surface area contributed by atoms with Gasteiger partial charge in [-0.2, -0.15) is 0 Å². The molecule has 43 heavy (non-hydrogen) atoms. The average Bonchev–Trinajstić information content (AvgIpc) is 3.04. The number of amides is 1. The smallest absolute Gasteiger partial charge is 0.243 e. The monoisotopic (exact) mass is 598 g/mol. The second-order valence-corrected chi connectivity index (χ2v) is 12.3. The zero-order valence-corrected chi connectivity index (χ0v) is 25.4. The molecule has 0 spiro atoms. The number of carbonyl (C=O) groups is 1. The van der Waals surface area contributed by atoms with Crippen molar-refractivity contribution in [3.63, 3.8) is 0 Å². The van der Waals surface area contributed by atoms with Gasteiger partial charge < -0.3 is 19.9 Å². The molecule has 9 heteroatoms. The molecule has 8 nitrogen and oxygen atoms in total. The third-order valence-electron chi connectivity index (χ3n) is 7.71. The quantitative estimate of drug-likeness (QED) is 0.233. The number of nitrogens with zero attached hydrogens (tertiary/aromatic N) is 2. The molecule has 0 radical (unpaired) electrons. The summed E-state index contributed by atoms with van der Waals surface area (Å²) in [4.78, 5) is 17.3. The minimum Gasteiger partial charge on any atom is -0.497 e. The lowest BCUT2D eigenvalue weighted by Crippen LogP contribution is -2.47. The van der Waals surface area contributed by atoms with Crippen molar-refractivity contribution in [2.75, 3.05) is 48.4 Å². The third kappa shape index (κ3) is 7.74. The Labute approximate surface area is 254 Å². The molecular weight excluding hydrogens is 560 g/mol. The molecule has 0 bridgehead atoms. The molecule has 5 rings (SSSR count). The number of hydrogen-bond donors (Lipinski definition) is 2. The van der Waals surface area contributed by atoms with Crippen molar-refractivity contribution in [2.45, 2.75) is 30.7 Å². The maximum Gasteiger partial charge on any atom is 0.243 e. The zero-order chi connectivity index (χ0) is 30.2. The van der Waals surface area contributed by atoms with Crippen LogP contribution in [0, 0.1) is 0 Å². The Kier molecular flexibility index (Phi) is 9.64. The lowest BCUT2D eigenvalue weighted by Gasteiger charge is -2.38. The van der Waals surface area contributed by atoms with Crippen molar-refractivity contribution in [1.29, 1.82) is 0 Å². The number of rotatable bonds is 11. The Hall–Kier alpha value is -4.34. The van der Waals surface area contributed by atoms with E-state index in [9.17, 15) is 13.2 Å². The highest BCUT2D eigenvalue weighted by molar-refractivity contribution is 7.89. The first-order chi connectivity index (χ1) is 20.8. The topological polar surface area (TPSA) is 91.0 Å². The molecule has 0 aromatic heterocycles. The Balaban J connectivity index is 1.36. The first-order valence-corrected chi connectivity index (χ1v) is 16.0. The molecule has 2 N–H and O–H groups in total. The summed E-state index contributed by atoms with van der Waals surface area (Å²) in [6.07, 6.45) is 0.898. The summed E-state index contributed by atoms with van der Waals surface area (Å²) in [5.74, 6) is 0.639. The maximum absolute atomic E-state index is 13.9. The van der Waals surface area contributed by atoms with Crippen LogP contribution in [-0.4, -0.2) is 47.6 Å². The molecule has 4 aromatic rings. The number of hydrogen-bond acceptors (Lipinski definition) is 6. The van der Waals surface area contributed by atoms with Crippen LogP contribution in [0.15, 0.2) is 108 Å². The molecule has 0 aliphatic carbocycles. The van der Waals surface area contributed by atoms with Crippen molar-refractivity contribution in [1.82, 2.24) is 4.72 Å². The van der Waals surface area contributed by atoms with E-state index in [1.165, 1.54) is 0 Å². The molecule has 1 saturated heterocycles. The van der Waals surface area contributed by atoms with E-state index in [4.69, 9.17) is 4.74 Å². The van der Waals surface area contributed by atoms with Crippen LogP contribution in [0.5, 0.6) is 5.75 Å². The molecule has 1 aliphatic heterocycles. The molecule has 0 unspecified atom stereocenters. The largest absolute Gasteiger partial charge is 0.497 e. The van der Waals surface area contributed by atoms with Crippen molar-refractivity contribution in [3.05, 3.63) is 114 Å². The SMILES string of the molecule is COc1ccc(N2CCN(c3ccc(NC(=O)CCc4ccccc4)cc3S(=O)(=O)N[C@@H](C)c3ccccc3)CC2)cc1. The van der Waals surface area contributed by atoms with Gasteiger partial charge in [-0.15, -0.1) is 0 Å². The van der Waals surface area contributed by atoms with E-state index >= 15 is 0 Å². The van der Waals surface area contributed by atoms with E-state index in [0.717, 1.165) is 35.7 Å². The number of benzene rings is 4. The van der Waals surface area contributed by atoms with Crippen LogP contribution < -0.4 is 24.6 Å². The first-order valence-electron chi connectivity index (χ1n) is 14.5. The molecule has 4 aromatic carbocycles. The van der Waals surface area contributed by atoms with E-state index in [1.807, 2.05) is 91.9 Å². The lowest BCUT2D eigenvalue weighted by molar-refractivity contribution is -0.116. The minimum atomic E-state index is -3.95. The number of piperazine rings is 1. The summed E-state index contributed by atoms with van der Waals surface area (Å²) in [5.41, 5.74) is 4.10. The van der Waals surface area contributed by atoms with Crippen molar-refractivity contribution in [2.24, 2.45) is 0 Å². The Bertz CT molecular complexity index is 1610. The Morgan fingerprint density at radius 1 is 0.837 bits per heavy atom. The second-order valence-electron chi connectivity index (χ2n) is 10.6. The van der Waals surface area contributed by atoms with Crippen molar-refractivity contribution in [3.8, 4) is 5.75 Å². The van der Waals surface area contributed by atoms with Crippen LogP contribution in [0.25, 0.3) is 0 Å². The summed E-state index contributed by atoms with van der Waals surface area (Å²) >= 11 is 0. The first kappa shape index (κ1) is 30.1. The van der Waals surface area contributed by atoms with Gasteiger partial charge in [0.25, 0.3) is 0 Å². The summed E-state index contributed by atoms with van der Waals surface area (Å²) in [6, 6.07) is 32.0. The number of ether oxygens (including phenoxy) is 1. The highest BCUT2D eigenvalue weighted by Crippen LogP contribution is 2.32. The Morgan fingerprint density at radius 3 is 2.12 bits per heavy atom. The van der Waals surface area contributed by atoms with Gasteiger partial charge in [0.15, 0.2) is 0 Å². The number of nitrogens with one attached hydrogen (secondary N) is 2. The highest BCUT2D eigenvalue weighted by Gasteiger charge is 2.27. The summed E-state index contributed by atoms with van der Waals surface area (Å²) in [7, 11) is -2.30. The van der Waals surface area contributed by atoms with Crippen LogP contribution in [-0.2, 0) is 21.2 Å². The number of sulfonamides is 1. The normalized spacial score (nSPS) is 14.3. The fraction of sp³-hybridized carbons (Fsp3) is 0.265. The standard InChI is InChI=1S/C34H38N4O4S/c1-26(28-11-7-4-8-12-28)36-43(40,41)33-25-29(35-34(39)20-13-27-9-5-3-6-10-27)14-19-32(33)38-23-21-37(22-24-38)30-15-17-31(42-2)18-16-30/h3-12,14-19,25-26,36H,13,20-24H2,1-2H3,(H,35,39)/t26-/m0/s1. The third-order valence-corrected chi connectivity index (χ3v) is 9.28. The van der Waals surface area contributed by atoms with Crippen LogP contribution in [0.1, 0.15) is 30.5 Å². The fourth-order valence-electron chi connectivity index (χ4n) is 5.30. The summed E-state index contributed by atoms with van der Waals surface area (Å²) in [5, 5.41) is 2.91. The highest BCUT2D eigenvalue weighted by atomic mass is 32.2. The van der Waals surface area contributed by atoms with Gasteiger partial charge in [-0.05, 0) is 66.9 Å². The van der Waals surface area contributed by atoms with Gasteiger partial charge in [0.05, 0.1) is 12.8 Å². The molecule has 1 fully saturated rings. The van der Waals surface area contributed by atoms with Crippen LogP contribution >= 0.6 is 0 Å². The number of aryl methyl sites for hydroxylation is 1. The van der Waals surface area contributed by atoms with Crippen molar-refractivity contribution < 1.29 is 17.9 Å². The fourth-order valence-corrected chi connectivity index (χ4v) is 6.78. The second kappa shape index (κ2) is 13.8. The predicted molar refractivity (Wildman–Crippen MR) is 172 cm³/mol. The van der Waals surface area contributed by atoms with E-state index in [2.05, 4.69) is 19.8 Å². The van der Waals surface area contributed by atoms with E-state index in [-0.39, 0.29) is 10.8 Å². The molecule has 1 atom stereocenters. The Morgan fingerprint density at radius 2 is 1.47 bits per heavy atom. The van der Waals surface area contributed by atoms with Crippen LogP contribution in [0.2, 0.25) is 0 Å². The molecule has 1 aliphatic rings. The van der Waals surface area contributed by atoms with Gasteiger partial charge in [-0.3, -0.25) is 4.79 Å². The maximum atomic E-state index is 13.9. The number of carbonyl (C=O) groups excluding carboxylic acids is 1. The van der Waals surface area contributed by atoms with Gasteiger partial charge in [0.2, 0.25) is 15.9 Å². The molecule has 224 valence electrons. The predicted octanol–water partition coefficient (Wildman–Crippen LogP) is 5.63. The van der Waals surface area contributed by atoms with Crippen molar-refractivity contribution >= 4 is 33.0 Å². The summed E-state index contributed by atoms with van der Waals surface area (Å²) < 4.78 is 35.9. The zero-order valence-electron chi connectivity index (χ0n) is 24.6. The van der Waals surface area contributed by atoms with Gasteiger partial charge in [-0.25, -0.2) is 13.1 Å². The van der Waals surface area contributed by atoms with Gasteiger partial charge in [0.1, 0.15) is 10.6 Å². The lowest BCUT2D eigenvalue weighted by atomic mass is 10.1. The van der Waals surface area contributed by atoms with Crippen LogP contribution in [0.4, 0.5) is 17.1 Å². The summed E-state index contributed by atoms with van der Waals surface area (Å²) in [6.45, 7) is 4.59. The van der Waals surface area contributed by atoms with Gasteiger partial charge in [-0.1, -0.05) is 60.7 Å². The van der Waals surface area contributed by atoms with Crippen LogP contribution in [0.3, 0.4) is 0 Å². The molecule has 1 amide bonds. The molecular formula is C34H38N4O4S. The average molecular weight is 599 g/mol. The minimum absolute atomic E-state index is 0.147. The molecule has 0 saturated carbocycles. The number of methoxy groups -OCH3 is 1. The van der Waals surface area contributed by atoms with E-state index < -0.39 is 16.1 Å². The van der Waals surface area contributed by atoms with Gasteiger partial charge in [0, 0.05) is 50.0 Å². The van der Waals surface area contributed by atoms with E-state index in [0.29, 0.717) is 37.3 Å². The number of anilines is 3. The van der Waals surface area contributed by atoms with E-state index in [1.54, 1.807) is 25.3 Å². The molecule has 1 heterocycles.